The van der Waals surface area contributed by atoms with Gasteiger partial charge in [-0.05, 0) is 18.6 Å². The van der Waals surface area contributed by atoms with Crippen LogP contribution in [0.15, 0.2) is 12.1 Å². The maximum Gasteiger partial charge on any atom is 0.200 e. The molecule has 1 aliphatic heterocycles. The summed E-state index contributed by atoms with van der Waals surface area (Å²) >= 11 is 0. The second-order valence-electron chi connectivity index (χ2n) is 4.96. The van der Waals surface area contributed by atoms with Crippen LogP contribution in [-0.4, -0.2) is 46.4 Å². The number of phenols is 3. The van der Waals surface area contributed by atoms with Crippen LogP contribution in [0, 0.1) is 0 Å². The van der Waals surface area contributed by atoms with Crippen LogP contribution in [0.1, 0.15) is 31.4 Å². The Hall–Kier alpha value is -0.880. The van der Waals surface area contributed by atoms with Gasteiger partial charge in [-0.3, -0.25) is 4.90 Å². The molecule has 0 radical (unpaired) electrons. The van der Waals surface area contributed by atoms with E-state index >= 15 is 0 Å². The van der Waals surface area contributed by atoms with Crippen LogP contribution >= 0.6 is 24.8 Å². The van der Waals surface area contributed by atoms with Crippen LogP contribution in [0.4, 0.5) is 0 Å². The van der Waals surface area contributed by atoms with E-state index in [9.17, 15) is 15.3 Å². The standard InChI is InChI=1S/C14H22N2O3.2ClH/c1-2-3-11(16-8-6-15-7-9-16)10-4-5-12(17)14(19)13(10)18;;/h4-5,11,15,17-19H,2-3,6-9H2,1H3;2*1H/t11-;;/m1../s1. The highest BCUT2D eigenvalue weighted by molar-refractivity contribution is 5.85. The highest BCUT2D eigenvalue weighted by Gasteiger charge is 2.25. The molecule has 0 unspecified atom stereocenters. The first kappa shape index (κ1) is 20.1. The van der Waals surface area contributed by atoms with E-state index in [1.165, 1.54) is 6.07 Å². The molecule has 0 spiro atoms. The molecular weight excluding hydrogens is 315 g/mol. The van der Waals surface area contributed by atoms with E-state index in [0.29, 0.717) is 5.56 Å². The van der Waals surface area contributed by atoms with Gasteiger partial charge in [-0.2, -0.15) is 0 Å². The second-order valence-corrected chi connectivity index (χ2v) is 4.96. The van der Waals surface area contributed by atoms with Gasteiger partial charge in [0.2, 0.25) is 5.75 Å². The van der Waals surface area contributed by atoms with E-state index < -0.39 is 5.75 Å². The number of nitrogens with zero attached hydrogens (tertiary/aromatic N) is 1. The number of hydrogen-bond donors (Lipinski definition) is 4. The fraction of sp³-hybridized carbons (Fsp3) is 0.571. The normalized spacial score (nSPS) is 16.6. The smallest absolute Gasteiger partial charge is 0.200 e. The Morgan fingerprint density at radius 1 is 1.10 bits per heavy atom. The molecule has 4 N–H and O–H groups in total. The molecule has 7 heteroatoms. The number of aromatic hydroxyl groups is 3. The molecule has 0 bridgehead atoms. The van der Waals surface area contributed by atoms with Gasteiger partial charge in [-0.1, -0.05) is 13.3 Å². The van der Waals surface area contributed by atoms with Gasteiger partial charge in [0.1, 0.15) is 0 Å². The lowest BCUT2D eigenvalue weighted by atomic mass is 9.98. The molecule has 1 heterocycles. The second kappa shape index (κ2) is 9.20. The van der Waals surface area contributed by atoms with Crippen LogP contribution in [0.25, 0.3) is 0 Å². The van der Waals surface area contributed by atoms with Gasteiger partial charge in [0, 0.05) is 37.8 Å². The van der Waals surface area contributed by atoms with Crippen molar-refractivity contribution >= 4 is 24.8 Å². The summed E-state index contributed by atoms with van der Waals surface area (Å²) < 4.78 is 0. The molecule has 122 valence electrons. The lowest BCUT2D eigenvalue weighted by Crippen LogP contribution is -2.45. The summed E-state index contributed by atoms with van der Waals surface area (Å²) in [6, 6.07) is 3.22. The lowest BCUT2D eigenvalue weighted by Gasteiger charge is -2.35. The molecule has 1 aromatic rings. The molecule has 1 aliphatic rings. The average molecular weight is 339 g/mol. The van der Waals surface area contributed by atoms with Crippen molar-refractivity contribution < 1.29 is 15.3 Å². The average Bonchev–Trinajstić information content (AvgIpc) is 2.44. The fourth-order valence-corrected chi connectivity index (χ4v) is 2.66. The summed E-state index contributed by atoms with van der Waals surface area (Å²) in [5.74, 6) is -0.900. The van der Waals surface area contributed by atoms with Crippen molar-refractivity contribution in [3.8, 4) is 17.2 Å². The maximum absolute atomic E-state index is 10.1. The van der Waals surface area contributed by atoms with Gasteiger partial charge < -0.3 is 20.6 Å². The Balaban J connectivity index is 0.00000200. The number of halogens is 2. The third-order valence-electron chi connectivity index (χ3n) is 3.67. The molecule has 1 atom stereocenters. The summed E-state index contributed by atoms with van der Waals surface area (Å²) in [6.07, 6.45) is 1.91. The summed E-state index contributed by atoms with van der Waals surface area (Å²) in [5.41, 5.74) is 0.694. The van der Waals surface area contributed by atoms with E-state index in [4.69, 9.17) is 0 Å². The van der Waals surface area contributed by atoms with Crippen molar-refractivity contribution in [2.75, 3.05) is 26.2 Å². The van der Waals surface area contributed by atoms with Crippen LogP contribution in [0.3, 0.4) is 0 Å². The van der Waals surface area contributed by atoms with Crippen molar-refractivity contribution in [3.63, 3.8) is 0 Å². The first-order valence-electron chi connectivity index (χ1n) is 6.83. The minimum Gasteiger partial charge on any atom is -0.504 e. The predicted molar refractivity (Wildman–Crippen MR) is 88.0 cm³/mol. The van der Waals surface area contributed by atoms with Gasteiger partial charge in [-0.25, -0.2) is 0 Å². The molecule has 21 heavy (non-hydrogen) atoms. The minimum absolute atomic E-state index is 0. The third kappa shape index (κ3) is 4.54. The SMILES string of the molecule is CCC[C@H](c1ccc(O)c(O)c1O)N1CCNCC1.Cl.Cl. The highest BCUT2D eigenvalue weighted by Crippen LogP contribution is 2.42. The topological polar surface area (TPSA) is 76.0 Å². The Kier molecular flexibility index (Phi) is 8.82. The maximum atomic E-state index is 10.1. The monoisotopic (exact) mass is 338 g/mol. The number of rotatable bonds is 4. The number of benzene rings is 1. The Morgan fingerprint density at radius 2 is 1.71 bits per heavy atom. The van der Waals surface area contributed by atoms with Crippen LogP contribution in [0.2, 0.25) is 0 Å². The molecule has 1 aromatic carbocycles. The van der Waals surface area contributed by atoms with Crippen molar-refractivity contribution in [2.45, 2.75) is 25.8 Å². The van der Waals surface area contributed by atoms with Crippen LogP contribution in [-0.2, 0) is 0 Å². The summed E-state index contributed by atoms with van der Waals surface area (Å²) in [6.45, 7) is 5.82. The quantitative estimate of drug-likeness (QED) is 0.634. The number of phenolic OH excluding ortho intramolecular Hbond substituents is 3. The zero-order valence-corrected chi connectivity index (χ0v) is 13.7. The molecule has 5 nitrogen and oxygen atoms in total. The fourth-order valence-electron chi connectivity index (χ4n) is 2.66. The molecule has 0 saturated carbocycles. The van der Waals surface area contributed by atoms with Gasteiger partial charge in [0.25, 0.3) is 0 Å². The largest absolute Gasteiger partial charge is 0.504 e. The molecule has 0 aliphatic carbocycles. The number of nitrogens with one attached hydrogen (secondary N) is 1. The van der Waals surface area contributed by atoms with E-state index in [-0.39, 0.29) is 42.4 Å². The third-order valence-corrected chi connectivity index (χ3v) is 3.67. The summed E-state index contributed by atoms with van der Waals surface area (Å²) in [4.78, 5) is 2.31. The highest BCUT2D eigenvalue weighted by atomic mass is 35.5. The van der Waals surface area contributed by atoms with Crippen LogP contribution < -0.4 is 5.32 Å². The molecule has 1 saturated heterocycles. The molecular formula is C14H24Cl2N2O3. The van der Waals surface area contributed by atoms with Crippen molar-refractivity contribution in [1.29, 1.82) is 0 Å². The molecule has 0 amide bonds. The van der Waals surface area contributed by atoms with E-state index in [1.54, 1.807) is 6.07 Å². The van der Waals surface area contributed by atoms with Gasteiger partial charge in [-0.15, -0.1) is 24.8 Å². The Bertz CT molecular complexity index is 440. The van der Waals surface area contributed by atoms with Gasteiger partial charge in [0.05, 0.1) is 0 Å². The molecule has 2 rings (SSSR count). The minimum atomic E-state index is -0.422. The van der Waals surface area contributed by atoms with E-state index in [2.05, 4.69) is 17.1 Å². The van der Waals surface area contributed by atoms with Gasteiger partial charge >= 0.3 is 0 Å². The van der Waals surface area contributed by atoms with Crippen LogP contribution in [0.5, 0.6) is 17.2 Å². The zero-order valence-electron chi connectivity index (χ0n) is 12.1. The summed E-state index contributed by atoms with van der Waals surface area (Å²) in [7, 11) is 0. The molecule has 1 fully saturated rings. The first-order valence-corrected chi connectivity index (χ1v) is 6.83. The van der Waals surface area contributed by atoms with Crippen molar-refractivity contribution in [2.24, 2.45) is 0 Å². The Labute approximate surface area is 137 Å². The number of piperazine rings is 1. The van der Waals surface area contributed by atoms with E-state index in [0.717, 1.165) is 39.0 Å². The lowest BCUT2D eigenvalue weighted by molar-refractivity contribution is 0.161. The summed E-state index contributed by atoms with van der Waals surface area (Å²) in [5, 5.41) is 32.4. The molecule has 0 aromatic heterocycles. The first-order chi connectivity index (χ1) is 9.15. The Morgan fingerprint density at radius 3 is 2.29 bits per heavy atom. The van der Waals surface area contributed by atoms with Crippen molar-refractivity contribution in [1.82, 2.24) is 10.2 Å². The van der Waals surface area contributed by atoms with Crippen molar-refractivity contribution in [3.05, 3.63) is 17.7 Å². The zero-order chi connectivity index (χ0) is 13.8. The number of hydrogen-bond acceptors (Lipinski definition) is 5. The predicted octanol–water partition coefficient (Wildman–Crippen LogP) is 2.39. The van der Waals surface area contributed by atoms with Gasteiger partial charge in [0.15, 0.2) is 11.5 Å². The van der Waals surface area contributed by atoms with E-state index in [1.807, 2.05) is 0 Å².